The number of ether oxygens (including phenoxy) is 1. The summed E-state index contributed by atoms with van der Waals surface area (Å²) in [6.07, 6.45) is 0. The van der Waals surface area contributed by atoms with Crippen LogP contribution in [0.2, 0.25) is 0 Å². The number of nitrogens with one attached hydrogen (secondary N) is 1. The fourth-order valence-corrected chi connectivity index (χ4v) is 2.15. The van der Waals surface area contributed by atoms with Crippen molar-refractivity contribution in [3.05, 3.63) is 54.2 Å². The molecule has 0 aliphatic carbocycles. The molecule has 0 atom stereocenters. The third-order valence-corrected chi connectivity index (χ3v) is 3.20. The van der Waals surface area contributed by atoms with Gasteiger partial charge in [0.1, 0.15) is 11.4 Å². The van der Waals surface area contributed by atoms with Gasteiger partial charge in [-0.05, 0) is 37.3 Å². The monoisotopic (exact) mass is 265 g/mol. The van der Waals surface area contributed by atoms with Gasteiger partial charge in [-0.25, -0.2) is 0 Å². The molecular formula is C16H15N3O. The minimum Gasteiger partial charge on any atom is -0.497 e. The molecule has 3 rings (SSSR count). The van der Waals surface area contributed by atoms with E-state index in [4.69, 9.17) is 4.74 Å². The van der Waals surface area contributed by atoms with Crippen LogP contribution in [0, 0.1) is 6.92 Å². The minimum absolute atomic E-state index is 0.801. The molecule has 0 radical (unpaired) electrons. The number of nitrogens with zero attached hydrogens (tertiary/aromatic N) is 2. The molecule has 100 valence electrons. The van der Waals surface area contributed by atoms with E-state index in [0.29, 0.717) is 0 Å². The lowest BCUT2D eigenvalue weighted by molar-refractivity contribution is 0.415. The van der Waals surface area contributed by atoms with Crippen molar-refractivity contribution in [2.24, 2.45) is 10.2 Å². The molecule has 1 N–H and O–H groups in total. The number of aryl methyl sites for hydroxylation is 1. The highest BCUT2D eigenvalue weighted by molar-refractivity contribution is 5.92. The molecule has 4 nitrogen and oxygen atoms in total. The highest BCUT2D eigenvalue weighted by Crippen LogP contribution is 2.31. The molecule has 0 amide bonds. The Bertz CT molecular complexity index is 757. The molecule has 0 bridgehead atoms. The average Bonchev–Trinajstić information content (AvgIpc) is 2.81. The van der Waals surface area contributed by atoms with E-state index in [-0.39, 0.29) is 0 Å². The van der Waals surface area contributed by atoms with Gasteiger partial charge in [0, 0.05) is 16.6 Å². The second-order valence-electron chi connectivity index (χ2n) is 4.54. The van der Waals surface area contributed by atoms with Crippen LogP contribution >= 0.6 is 0 Å². The molecule has 0 saturated carbocycles. The zero-order chi connectivity index (χ0) is 13.9. The number of fused-ring (bicyclic) bond motifs is 1. The van der Waals surface area contributed by atoms with Crippen LogP contribution in [0.5, 0.6) is 5.75 Å². The fourth-order valence-electron chi connectivity index (χ4n) is 2.15. The summed E-state index contributed by atoms with van der Waals surface area (Å²) in [6.45, 7) is 2.00. The van der Waals surface area contributed by atoms with E-state index in [0.717, 1.165) is 33.7 Å². The molecule has 0 spiro atoms. The highest BCUT2D eigenvalue weighted by Gasteiger charge is 2.06. The summed E-state index contributed by atoms with van der Waals surface area (Å²) in [5, 5.41) is 9.74. The number of aromatic nitrogens is 1. The van der Waals surface area contributed by atoms with E-state index >= 15 is 0 Å². The predicted octanol–water partition coefficient (Wildman–Crippen LogP) is 4.90. The second-order valence-corrected chi connectivity index (χ2v) is 4.54. The SMILES string of the molecule is COc1ccc(N=Nc2c(C)[nH]c3ccccc23)cc1. The molecule has 2 aromatic carbocycles. The largest absolute Gasteiger partial charge is 0.497 e. The Morgan fingerprint density at radius 3 is 2.45 bits per heavy atom. The summed E-state index contributed by atoms with van der Waals surface area (Å²) in [5.41, 5.74) is 3.78. The van der Waals surface area contributed by atoms with E-state index in [2.05, 4.69) is 15.2 Å². The van der Waals surface area contributed by atoms with Crippen LogP contribution in [0.15, 0.2) is 58.8 Å². The topological polar surface area (TPSA) is 49.7 Å². The molecule has 0 fully saturated rings. The minimum atomic E-state index is 0.801. The first-order valence-electron chi connectivity index (χ1n) is 6.41. The highest BCUT2D eigenvalue weighted by atomic mass is 16.5. The third kappa shape index (κ3) is 2.28. The third-order valence-electron chi connectivity index (χ3n) is 3.20. The van der Waals surface area contributed by atoms with Gasteiger partial charge in [-0.15, -0.1) is 5.11 Å². The molecule has 4 heteroatoms. The lowest BCUT2D eigenvalue weighted by atomic mass is 10.2. The van der Waals surface area contributed by atoms with Gasteiger partial charge in [0.05, 0.1) is 12.8 Å². The number of rotatable bonds is 3. The molecule has 1 heterocycles. The molecule has 0 aliphatic rings. The van der Waals surface area contributed by atoms with Gasteiger partial charge < -0.3 is 9.72 Å². The maximum absolute atomic E-state index is 5.12. The number of azo groups is 1. The van der Waals surface area contributed by atoms with Crippen LogP contribution in [0.25, 0.3) is 10.9 Å². The Morgan fingerprint density at radius 2 is 1.70 bits per heavy atom. The Balaban J connectivity index is 1.95. The molecular weight excluding hydrogens is 250 g/mol. The van der Waals surface area contributed by atoms with Crippen molar-refractivity contribution in [2.45, 2.75) is 6.92 Å². The first-order valence-corrected chi connectivity index (χ1v) is 6.41. The Kier molecular flexibility index (Phi) is 3.21. The number of benzene rings is 2. The lowest BCUT2D eigenvalue weighted by Crippen LogP contribution is -1.79. The summed E-state index contributed by atoms with van der Waals surface area (Å²) in [7, 11) is 1.64. The Labute approximate surface area is 117 Å². The lowest BCUT2D eigenvalue weighted by Gasteiger charge is -1.98. The van der Waals surface area contributed by atoms with Gasteiger partial charge in [-0.1, -0.05) is 18.2 Å². The number of H-pyrrole nitrogens is 1. The van der Waals surface area contributed by atoms with Crippen molar-refractivity contribution in [3.63, 3.8) is 0 Å². The van der Waals surface area contributed by atoms with Crippen LogP contribution in [-0.4, -0.2) is 12.1 Å². The van der Waals surface area contributed by atoms with Gasteiger partial charge in [0.15, 0.2) is 0 Å². The number of methoxy groups -OCH3 is 1. The first kappa shape index (κ1) is 12.4. The van der Waals surface area contributed by atoms with Gasteiger partial charge >= 0.3 is 0 Å². The fraction of sp³-hybridized carbons (Fsp3) is 0.125. The molecule has 3 aromatic rings. The van der Waals surface area contributed by atoms with E-state index in [1.807, 2.05) is 55.5 Å². The van der Waals surface area contributed by atoms with Crippen molar-refractivity contribution in [2.75, 3.05) is 7.11 Å². The van der Waals surface area contributed by atoms with E-state index in [9.17, 15) is 0 Å². The van der Waals surface area contributed by atoms with Crippen LogP contribution in [-0.2, 0) is 0 Å². The zero-order valence-corrected chi connectivity index (χ0v) is 11.4. The number of hydrogen-bond acceptors (Lipinski definition) is 3. The molecule has 0 saturated heterocycles. The van der Waals surface area contributed by atoms with Gasteiger partial charge in [0.2, 0.25) is 0 Å². The van der Waals surface area contributed by atoms with Crippen molar-refractivity contribution in [1.82, 2.24) is 4.98 Å². The first-order chi connectivity index (χ1) is 9.78. The molecule has 1 aromatic heterocycles. The molecule has 0 aliphatic heterocycles. The number of hydrogen-bond donors (Lipinski definition) is 1. The predicted molar refractivity (Wildman–Crippen MR) is 80.2 cm³/mol. The van der Waals surface area contributed by atoms with Gasteiger partial charge in [-0.3, -0.25) is 0 Å². The molecule has 0 unspecified atom stereocenters. The summed E-state index contributed by atoms with van der Waals surface area (Å²) >= 11 is 0. The van der Waals surface area contributed by atoms with Crippen LogP contribution in [0.4, 0.5) is 11.4 Å². The smallest absolute Gasteiger partial charge is 0.119 e. The second kappa shape index (κ2) is 5.17. The van der Waals surface area contributed by atoms with Crippen LogP contribution in [0.3, 0.4) is 0 Å². The molecule has 20 heavy (non-hydrogen) atoms. The van der Waals surface area contributed by atoms with Crippen molar-refractivity contribution in [1.29, 1.82) is 0 Å². The van der Waals surface area contributed by atoms with Gasteiger partial charge in [-0.2, -0.15) is 5.11 Å². The average molecular weight is 265 g/mol. The maximum atomic E-state index is 5.12. The van der Waals surface area contributed by atoms with Gasteiger partial charge in [0.25, 0.3) is 0 Å². The summed E-state index contributed by atoms with van der Waals surface area (Å²) in [4.78, 5) is 3.31. The Hall–Kier alpha value is -2.62. The van der Waals surface area contributed by atoms with Crippen molar-refractivity contribution < 1.29 is 4.74 Å². The quantitative estimate of drug-likeness (QED) is 0.673. The van der Waals surface area contributed by atoms with Crippen molar-refractivity contribution >= 4 is 22.3 Å². The zero-order valence-electron chi connectivity index (χ0n) is 11.4. The number of para-hydroxylation sites is 1. The Morgan fingerprint density at radius 1 is 0.950 bits per heavy atom. The van der Waals surface area contributed by atoms with E-state index in [1.165, 1.54) is 0 Å². The maximum Gasteiger partial charge on any atom is 0.119 e. The van der Waals surface area contributed by atoms with Crippen LogP contribution in [0.1, 0.15) is 5.69 Å². The summed E-state index contributed by atoms with van der Waals surface area (Å²) in [5.74, 6) is 0.812. The standard InChI is InChI=1S/C16H15N3O/c1-11-16(14-5-3-4-6-15(14)17-11)19-18-12-7-9-13(20-2)10-8-12/h3-10,17H,1-2H3. The normalized spacial score (nSPS) is 11.3. The number of aromatic amines is 1. The van der Waals surface area contributed by atoms with E-state index < -0.39 is 0 Å². The van der Waals surface area contributed by atoms with Crippen molar-refractivity contribution in [3.8, 4) is 5.75 Å². The van der Waals surface area contributed by atoms with E-state index in [1.54, 1.807) is 7.11 Å². The summed E-state index contributed by atoms with van der Waals surface area (Å²) < 4.78 is 5.12. The summed E-state index contributed by atoms with van der Waals surface area (Å²) in [6, 6.07) is 15.6. The van der Waals surface area contributed by atoms with Crippen LogP contribution < -0.4 is 4.74 Å².